The van der Waals surface area contributed by atoms with Gasteiger partial charge in [-0.1, -0.05) is 12.1 Å². The molecule has 0 atom stereocenters. The van der Waals surface area contributed by atoms with Gasteiger partial charge in [-0.25, -0.2) is 4.68 Å². The molecule has 7 nitrogen and oxygen atoms in total. The van der Waals surface area contributed by atoms with Crippen molar-refractivity contribution in [1.29, 1.82) is 0 Å². The Kier molecular flexibility index (Phi) is 6.04. The molecule has 27 heavy (non-hydrogen) atoms. The Morgan fingerprint density at radius 1 is 1.19 bits per heavy atom. The first kappa shape index (κ1) is 18.4. The zero-order valence-electron chi connectivity index (χ0n) is 15.1. The summed E-state index contributed by atoms with van der Waals surface area (Å²) in [7, 11) is 0. The molecule has 0 bridgehead atoms. The van der Waals surface area contributed by atoms with Gasteiger partial charge in [0.15, 0.2) is 5.76 Å². The van der Waals surface area contributed by atoms with Crippen LogP contribution in [0.4, 0.5) is 0 Å². The smallest absolute Gasteiger partial charge is 0.266 e. The van der Waals surface area contributed by atoms with Crippen LogP contribution in [0.1, 0.15) is 12.5 Å². The third-order valence-electron chi connectivity index (χ3n) is 3.89. The van der Waals surface area contributed by atoms with Crippen LogP contribution in [-0.4, -0.2) is 28.8 Å². The van der Waals surface area contributed by atoms with E-state index in [9.17, 15) is 9.59 Å². The number of carbonyl (C=O) groups excluding carboxylic acids is 1. The zero-order valence-corrected chi connectivity index (χ0v) is 15.1. The highest BCUT2D eigenvalue weighted by Gasteiger charge is 2.07. The number of hydrogen-bond donors (Lipinski definition) is 1. The van der Waals surface area contributed by atoms with Gasteiger partial charge in [-0.3, -0.25) is 9.59 Å². The number of ether oxygens (including phenoxy) is 1. The first-order valence-corrected chi connectivity index (χ1v) is 8.76. The molecule has 1 aromatic carbocycles. The molecular formula is C20H21N3O4. The molecule has 3 rings (SSSR count). The summed E-state index contributed by atoms with van der Waals surface area (Å²) in [5, 5.41) is 7.08. The number of aromatic nitrogens is 2. The maximum atomic E-state index is 12.1. The van der Waals surface area contributed by atoms with E-state index in [4.69, 9.17) is 9.15 Å². The van der Waals surface area contributed by atoms with Crippen LogP contribution in [0.3, 0.4) is 0 Å². The number of rotatable bonds is 8. The summed E-state index contributed by atoms with van der Waals surface area (Å²) in [5.41, 5.74) is 1.23. The average Bonchev–Trinajstić information content (AvgIpc) is 3.20. The van der Waals surface area contributed by atoms with E-state index < -0.39 is 0 Å². The molecule has 0 aliphatic heterocycles. The van der Waals surface area contributed by atoms with E-state index in [0.717, 1.165) is 11.3 Å². The highest BCUT2D eigenvalue weighted by molar-refractivity contribution is 5.78. The molecule has 0 unspecified atom stereocenters. The summed E-state index contributed by atoms with van der Waals surface area (Å²) >= 11 is 0. The fourth-order valence-corrected chi connectivity index (χ4v) is 2.58. The fourth-order valence-electron chi connectivity index (χ4n) is 2.58. The Balaban J connectivity index is 1.52. The van der Waals surface area contributed by atoms with Crippen LogP contribution in [0.25, 0.3) is 11.5 Å². The molecule has 0 fully saturated rings. The van der Waals surface area contributed by atoms with Crippen molar-refractivity contribution in [2.45, 2.75) is 19.9 Å². The Morgan fingerprint density at radius 2 is 2.00 bits per heavy atom. The lowest BCUT2D eigenvalue weighted by Gasteiger charge is -2.08. The van der Waals surface area contributed by atoms with Gasteiger partial charge in [0.1, 0.15) is 11.4 Å². The minimum absolute atomic E-state index is 0.116. The van der Waals surface area contributed by atoms with Crippen molar-refractivity contribution in [2.24, 2.45) is 0 Å². The van der Waals surface area contributed by atoms with E-state index >= 15 is 0 Å². The summed E-state index contributed by atoms with van der Waals surface area (Å²) in [6.45, 7) is 3.12. The zero-order chi connectivity index (χ0) is 19.1. The second kappa shape index (κ2) is 8.84. The predicted octanol–water partition coefficient (Wildman–Crippen LogP) is 2.26. The molecule has 0 saturated heterocycles. The highest BCUT2D eigenvalue weighted by atomic mass is 16.5. The van der Waals surface area contributed by atoms with Crippen molar-refractivity contribution in [3.8, 4) is 17.2 Å². The number of amides is 1. The molecule has 3 aromatic rings. The number of benzene rings is 1. The average molecular weight is 367 g/mol. The van der Waals surface area contributed by atoms with Crippen molar-refractivity contribution < 1.29 is 13.9 Å². The van der Waals surface area contributed by atoms with Gasteiger partial charge in [-0.05, 0) is 42.8 Å². The number of carbonyl (C=O) groups is 1. The van der Waals surface area contributed by atoms with E-state index in [0.29, 0.717) is 24.6 Å². The molecule has 7 heteroatoms. The largest absolute Gasteiger partial charge is 0.494 e. The standard InChI is InChI=1S/C20H21N3O4/c1-2-26-16-7-5-15(6-8-16)14-19(24)21-11-12-23-20(25)10-9-17(22-23)18-4-3-13-27-18/h3-10,13H,2,11-12,14H2,1H3,(H,21,24). The Bertz CT molecular complexity index is 931. The Labute approximate surface area is 156 Å². The van der Waals surface area contributed by atoms with Gasteiger partial charge in [0, 0.05) is 12.6 Å². The van der Waals surface area contributed by atoms with Gasteiger partial charge in [-0.15, -0.1) is 0 Å². The first-order valence-electron chi connectivity index (χ1n) is 8.76. The monoisotopic (exact) mass is 367 g/mol. The van der Waals surface area contributed by atoms with Gasteiger partial charge in [0.25, 0.3) is 5.56 Å². The van der Waals surface area contributed by atoms with Gasteiger partial charge < -0.3 is 14.5 Å². The lowest BCUT2D eigenvalue weighted by molar-refractivity contribution is -0.120. The van der Waals surface area contributed by atoms with Crippen molar-refractivity contribution >= 4 is 5.91 Å². The van der Waals surface area contributed by atoms with Crippen LogP contribution in [0.2, 0.25) is 0 Å². The van der Waals surface area contributed by atoms with Crippen molar-refractivity contribution in [3.63, 3.8) is 0 Å². The number of hydrogen-bond acceptors (Lipinski definition) is 5. The van der Waals surface area contributed by atoms with E-state index in [1.807, 2.05) is 31.2 Å². The van der Waals surface area contributed by atoms with Crippen LogP contribution in [0.15, 0.2) is 64.0 Å². The molecular weight excluding hydrogens is 346 g/mol. The minimum atomic E-state index is -0.230. The van der Waals surface area contributed by atoms with Crippen LogP contribution < -0.4 is 15.6 Å². The molecule has 2 aromatic heterocycles. The highest BCUT2D eigenvalue weighted by Crippen LogP contribution is 2.15. The number of nitrogens with zero attached hydrogens (tertiary/aromatic N) is 2. The lowest BCUT2D eigenvalue weighted by Crippen LogP contribution is -2.32. The summed E-state index contributed by atoms with van der Waals surface area (Å²) < 4.78 is 12.0. The molecule has 2 heterocycles. The molecule has 1 amide bonds. The molecule has 0 saturated carbocycles. The van der Waals surface area contributed by atoms with Crippen molar-refractivity contribution in [3.05, 3.63) is 70.7 Å². The molecule has 0 aliphatic rings. The predicted molar refractivity (Wildman–Crippen MR) is 101 cm³/mol. The second-order valence-electron chi connectivity index (χ2n) is 5.86. The van der Waals surface area contributed by atoms with Crippen LogP contribution in [0, 0.1) is 0 Å². The van der Waals surface area contributed by atoms with Crippen LogP contribution >= 0.6 is 0 Å². The van der Waals surface area contributed by atoms with E-state index in [1.165, 1.54) is 10.7 Å². The van der Waals surface area contributed by atoms with E-state index in [1.54, 1.807) is 24.5 Å². The molecule has 1 N–H and O–H groups in total. The second-order valence-corrected chi connectivity index (χ2v) is 5.86. The third kappa shape index (κ3) is 5.07. The van der Waals surface area contributed by atoms with Gasteiger partial charge in [0.2, 0.25) is 5.91 Å². The summed E-state index contributed by atoms with van der Waals surface area (Å²) in [6.07, 6.45) is 1.81. The first-order chi connectivity index (χ1) is 13.2. The van der Waals surface area contributed by atoms with Gasteiger partial charge in [0.05, 0.1) is 25.8 Å². The van der Waals surface area contributed by atoms with Crippen molar-refractivity contribution in [2.75, 3.05) is 13.2 Å². The SMILES string of the molecule is CCOc1ccc(CC(=O)NCCn2nc(-c3ccco3)ccc2=O)cc1. The Hall–Kier alpha value is -3.35. The quantitative estimate of drug-likeness (QED) is 0.660. The Morgan fingerprint density at radius 3 is 2.70 bits per heavy atom. The maximum absolute atomic E-state index is 12.1. The fraction of sp³-hybridized carbons (Fsp3) is 0.250. The lowest BCUT2D eigenvalue weighted by atomic mass is 10.1. The number of nitrogens with one attached hydrogen (secondary N) is 1. The van der Waals surface area contributed by atoms with Crippen LogP contribution in [0.5, 0.6) is 5.75 Å². The maximum Gasteiger partial charge on any atom is 0.266 e. The molecule has 0 aliphatic carbocycles. The van der Waals surface area contributed by atoms with E-state index in [-0.39, 0.29) is 24.4 Å². The van der Waals surface area contributed by atoms with Gasteiger partial charge in [-0.2, -0.15) is 5.10 Å². The van der Waals surface area contributed by atoms with E-state index in [2.05, 4.69) is 10.4 Å². The minimum Gasteiger partial charge on any atom is -0.494 e. The summed E-state index contributed by atoms with van der Waals surface area (Å²) in [5.74, 6) is 1.25. The summed E-state index contributed by atoms with van der Waals surface area (Å²) in [6, 6.07) is 14.0. The molecule has 0 spiro atoms. The normalized spacial score (nSPS) is 10.6. The topological polar surface area (TPSA) is 86.4 Å². The molecule has 140 valence electrons. The third-order valence-corrected chi connectivity index (χ3v) is 3.89. The summed E-state index contributed by atoms with van der Waals surface area (Å²) in [4.78, 5) is 24.0. The van der Waals surface area contributed by atoms with Crippen LogP contribution in [-0.2, 0) is 17.8 Å². The molecule has 0 radical (unpaired) electrons. The number of furan rings is 1. The van der Waals surface area contributed by atoms with Gasteiger partial charge >= 0.3 is 0 Å². The van der Waals surface area contributed by atoms with Crippen molar-refractivity contribution in [1.82, 2.24) is 15.1 Å².